The molecule has 1 aromatic heterocycles. The number of nitrogens with zero attached hydrogens (tertiary/aromatic N) is 1. The molecule has 0 amide bonds. The van der Waals surface area contributed by atoms with E-state index < -0.39 is 49.8 Å². The van der Waals surface area contributed by atoms with E-state index in [1.165, 1.54) is 13.1 Å². The number of hydrogen-bond acceptors (Lipinski definition) is 7. The van der Waals surface area contributed by atoms with Crippen molar-refractivity contribution in [3.8, 4) is 0 Å². The molecule has 3 heterocycles. The highest BCUT2D eigenvalue weighted by Gasteiger charge is 2.60. The zero-order valence-electron chi connectivity index (χ0n) is 13.4. The second-order valence-electron chi connectivity index (χ2n) is 6.04. The lowest BCUT2D eigenvalue weighted by Crippen LogP contribution is -2.43. The number of phosphoric ester groups is 1. The quantitative estimate of drug-likeness (QED) is 0.807. The van der Waals surface area contributed by atoms with Crippen LogP contribution in [0.25, 0.3) is 0 Å². The van der Waals surface area contributed by atoms with Gasteiger partial charge in [0.05, 0.1) is 19.1 Å². The lowest BCUT2D eigenvalue weighted by atomic mass is 10.1. The molecule has 134 valence electrons. The predicted octanol–water partition coefficient (Wildman–Crippen LogP) is 1.38. The van der Waals surface area contributed by atoms with Crippen molar-refractivity contribution in [2.75, 3.05) is 6.61 Å². The third-order valence-corrected chi connectivity index (χ3v) is 5.37. The molecule has 4 unspecified atom stereocenters. The fraction of sp³-hybridized carbons (Fsp3) is 0.692. The standard InChI is InChI=1S/C13H18FN2O7P/c1-7(2)22-24(19)20-6-9-13(14,23-24)4-10(21-9)16-5-8(3)11(17)15-12(16)18/h5,7,9-10H,4,6H2,1-3H3,(H,15,17,18). The molecule has 1 N–H and O–H groups in total. The summed E-state index contributed by atoms with van der Waals surface area (Å²) in [6.07, 6.45) is -1.80. The number of rotatable bonds is 3. The van der Waals surface area contributed by atoms with Crippen molar-refractivity contribution in [2.24, 2.45) is 0 Å². The third kappa shape index (κ3) is 3.12. The molecule has 24 heavy (non-hydrogen) atoms. The molecule has 0 spiro atoms. The van der Waals surface area contributed by atoms with Crippen molar-refractivity contribution in [1.82, 2.24) is 9.55 Å². The highest BCUT2D eigenvalue weighted by Crippen LogP contribution is 2.61. The molecule has 11 heteroatoms. The van der Waals surface area contributed by atoms with Crippen LogP contribution < -0.4 is 11.2 Å². The maximum atomic E-state index is 15.1. The first kappa shape index (κ1) is 17.5. The van der Waals surface area contributed by atoms with E-state index in [4.69, 9.17) is 18.3 Å². The molecule has 3 rings (SSSR count). The Kier molecular flexibility index (Phi) is 4.29. The first-order chi connectivity index (χ1) is 11.1. The summed E-state index contributed by atoms with van der Waals surface area (Å²) in [6, 6.07) is 0. The Hall–Kier alpha value is -1.32. The van der Waals surface area contributed by atoms with Crippen LogP contribution in [0.15, 0.2) is 15.8 Å². The molecular weight excluding hydrogens is 346 g/mol. The number of aromatic amines is 1. The average molecular weight is 364 g/mol. The number of nitrogens with one attached hydrogen (secondary N) is 1. The van der Waals surface area contributed by atoms with E-state index in [9.17, 15) is 14.2 Å². The predicted molar refractivity (Wildman–Crippen MR) is 79.3 cm³/mol. The lowest BCUT2D eigenvalue weighted by molar-refractivity contribution is -0.174. The van der Waals surface area contributed by atoms with E-state index in [1.54, 1.807) is 13.8 Å². The number of H-pyrrole nitrogens is 1. The molecule has 0 saturated carbocycles. The van der Waals surface area contributed by atoms with Gasteiger partial charge in [-0.1, -0.05) is 0 Å². The van der Waals surface area contributed by atoms with Gasteiger partial charge in [-0.25, -0.2) is 18.3 Å². The number of fused-ring (bicyclic) bond motifs is 1. The van der Waals surface area contributed by atoms with Crippen molar-refractivity contribution < 1.29 is 27.3 Å². The van der Waals surface area contributed by atoms with Gasteiger partial charge < -0.3 is 4.74 Å². The summed E-state index contributed by atoms with van der Waals surface area (Å²) >= 11 is 0. The second-order valence-corrected chi connectivity index (χ2v) is 7.58. The van der Waals surface area contributed by atoms with Crippen LogP contribution in [0.3, 0.4) is 0 Å². The molecule has 0 aliphatic carbocycles. The van der Waals surface area contributed by atoms with Gasteiger partial charge in [0.2, 0.25) is 0 Å². The topological polar surface area (TPSA) is 109 Å². The minimum Gasteiger partial charge on any atom is -0.346 e. The largest absolute Gasteiger partial charge is 0.478 e. The van der Waals surface area contributed by atoms with Gasteiger partial charge >= 0.3 is 13.5 Å². The van der Waals surface area contributed by atoms with Crippen LogP contribution in [0, 0.1) is 6.92 Å². The van der Waals surface area contributed by atoms with E-state index in [0.717, 1.165) is 4.57 Å². The lowest BCUT2D eigenvalue weighted by Gasteiger charge is -2.34. The Labute approximate surface area is 136 Å². The Bertz CT molecular complexity index is 806. The summed E-state index contributed by atoms with van der Waals surface area (Å²) in [5, 5.41) is 0. The van der Waals surface area contributed by atoms with Gasteiger partial charge in [-0.15, -0.1) is 0 Å². The monoisotopic (exact) mass is 364 g/mol. The smallest absolute Gasteiger partial charge is 0.346 e. The van der Waals surface area contributed by atoms with Gasteiger partial charge in [-0.05, 0) is 20.8 Å². The molecule has 2 aliphatic heterocycles. The fourth-order valence-electron chi connectivity index (χ4n) is 2.61. The summed E-state index contributed by atoms with van der Waals surface area (Å²) in [5.41, 5.74) is -0.997. The summed E-state index contributed by atoms with van der Waals surface area (Å²) in [5.74, 6) is -2.42. The minimum atomic E-state index is -4.05. The zero-order valence-corrected chi connectivity index (χ0v) is 14.2. The van der Waals surface area contributed by atoms with Crippen LogP contribution in [-0.4, -0.2) is 34.2 Å². The number of aromatic nitrogens is 2. The van der Waals surface area contributed by atoms with Crippen molar-refractivity contribution in [3.05, 3.63) is 32.6 Å². The highest BCUT2D eigenvalue weighted by molar-refractivity contribution is 7.48. The first-order valence-electron chi connectivity index (χ1n) is 7.42. The molecular formula is C13H18FN2O7P. The van der Waals surface area contributed by atoms with Gasteiger partial charge in [0.15, 0.2) is 0 Å². The van der Waals surface area contributed by atoms with Crippen LogP contribution in [0.2, 0.25) is 0 Å². The maximum absolute atomic E-state index is 15.1. The van der Waals surface area contributed by atoms with Gasteiger partial charge in [0.25, 0.3) is 11.4 Å². The Morgan fingerprint density at radius 1 is 1.50 bits per heavy atom. The van der Waals surface area contributed by atoms with Crippen LogP contribution >= 0.6 is 7.82 Å². The molecule has 0 aromatic carbocycles. The zero-order chi connectivity index (χ0) is 17.7. The molecule has 0 bridgehead atoms. The van der Waals surface area contributed by atoms with Crippen LogP contribution in [-0.2, 0) is 22.9 Å². The number of aryl methyl sites for hydroxylation is 1. The summed E-state index contributed by atoms with van der Waals surface area (Å²) in [6.45, 7) is 4.39. The van der Waals surface area contributed by atoms with Gasteiger partial charge in [0, 0.05) is 11.8 Å². The molecule has 0 radical (unpaired) electrons. The van der Waals surface area contributed by atoms with Gasteiger partial charge in [0.1, 0.15) is 12.3 Å². The van der Waals surface area contributed by atoms with Crippen LogP contribution in [0.4, 0.5) is 4.39 Å². The van der Waals surface area contributed by atoms with Gasteiger partial charge in [-0.3, -0.25) is 23.4 Å². The Morgan fingerprint density at radius 3 is 2.88 bits per heavy atom. The summed E-state index contributed by atoms with van der Waals surface area (Å²) < 4.78 is 49.0. The molecule has 2 saturated heterocycles. The normalized spacial score (nSPS) is 36.0. The van der Waals surface area contributed by atoms with E-state index in [0.29, 0.717) is 0 Å². The molecule has 2 fully saturated rings. The van der Waals surface area contributed by atoms with E-state index in [1.807, 2.05) is 0 Å². The summed E-state index contributed by atoms with van der Waals surface area (Å²) in [4.78, 5) is 25.5. The molecule has 9 nitrogen and oxygen atoms in total. The van der Waals surface area contributed by atoms with E-state index in [2.05, 4.69) is 4.98 Å². The highest BCUT2D eigenvalue weighted by atomic mass is 31.2. The van der Waals surface area contributed by atoms with Crippen LogP contribution in [0.1, 0.15) is 32.1 Å². The number of halogens is 1. The number of alkyl halides is 1. The first-order valence-corrected chi connectivity index (χ1v) is 8.88. The van der Waals surface area contributed by atoms with Crippen molar-refractivity contribution >= 4 is 7.82 Å². The maximum Gasteiger partial charge on any atom is 0.478 e. The second kappa shape index (κ2) is 5.89. The van der Waals surface area contributed by atoms with E-state index in [-0.39, 0.29) is 12.2 Å². The minimum absolute atomic E-state index is 0.270. The SMILES string of the molecule is Cc1cn(C2CC3(F)OP(=O)(OC(C)C)OCC3O2)c(=O)[nH]c1=O. The van der Waals surface area contributed by atoms with Crippen molar-refractivity contribution in [1.29, 1.82) is 0 Å². The van der Waals surface area contributed by atoms with Gasteiger partial charge in [-0.2, -0.15) is 0 Å². The fourth-order valence-corrected chi connectivity index (χ4v) is 4.17. The number of phosphoric acid groups is 1. The Morgan fingerprint density at radius 2 is 2.21 bits per heavy atom. The molecule has 4 atom stereocenters. The van der Waals surface area contributed by atoms with Crippen LogP contribution in [0.5, 0.6) is 0 Å². The molecule has 1 aromatic rings. The van der Waals surface area contributed by atoms with E-state index >= 15 is 4.39 Å². The number of ether oxygens (including phenoxy) is 1. The third-order valence-electron chi connectivity index (χ3n) is 3.70. The summed E-state index contributed by atoms with van der Waals surface area (Å²) in [7, 11) is -4.05. The average Bonchev–Trinajstić information content (AvgIpc) is 2.77. The molecule has 2 aliphatic rings. The van der Waals surface area contributed by atoms with Crippen molar-refractivity contribution in [2.45, 2.75) is 51.5 Å². The number of hydrogen-bond donors (Lipinski definition) is 1. The Balaban J connectivity index is 1.86. The van der Waals surface area contributed by atoms with Crippen molar-refractivity contribution in [3.63, 3.8) is 0 Å².